The van der Waals surface area contributed by atoms with Crippen molar-refractivity contribution in [3.63, 3.8) is 0 Å². The second-order valence-electron chi connectivity index (χ2n) is 4.48. The highest BCUT2D eigenvalue weighted by Gasteiger charge is 2.13. The Labute approximate surface area is 108 Å². The third kappa shape index (κ3) is 4.14. The minimum atomic E-state index is 0.399. The summed E-state index contributed by atoms with van der Waals surface area (Å²) in [5.74, 6) is 0.582. The van der Waals surface area contributed by atoms with E-state index in [4.69, 9.17) is 9.47 Å². The third-order valence-electron chi connectivity index (χ3n) is 2.89. The van der Waals surface area contributed by atoms with Crippen LogP contribution < -0.4 is 14.8 Å². The minimum absolute atomic E-state index is 0.399. The van der Waals surface area contributed by atoms with E-state index in [1.54, 1.807) is 12.3 Å². The molecule has 1 fully saturated rings. The van der Waals surface area contributed by atoms with Gasteiger partial charge in [-0.15, -0.1) is 0 Å². The van der Waals surface area contributed by atoms with Crippen LogP contribution in [-0.4, -0.2) is 35.8 Å². The van der Waals surface area contributed by atoms with Crippen molar-refractivity contribution in [2.75, 3.05) is 19.8 Å². The van der Waals surface area contributed by atoms with E-state index in [9.17, 15) is 0 Å². The van der Waals surface area contributed by atoms with Gasteiger partial charge in [-0.1, -0.05) is 13.3 Å². The van der Waals surface area contributed by atoms with Gasteiger partial charge in [-0.25, -0.2) is 4.98 Å². The standard InChI is InChI=1S/C13H21N3O2/c1-2-9-17-12-6-8-15-13(16-12)18-10-11-5-3-4-7-14-11/h6,8,11,14H,2-5,7,9-10H2,1H3. The van der Waals surface area contributed by atoms with E-state index in [1.807, 2.05) is 0 Å². The van der Waals surface area contributed by atoms with Gasteiger partial charge in [-0.05, 0) is 25.8 Å². The van der Waals surface area contributed by atoms with Crippen LogP contribution >= 0.6 is 0 Å². The summed E-state index contributed by atoms with van der Waals surface area (Å²) in [4.78, 5) is 8.30. The Bertz CT molecular complexity index is 354. The van der Waals surface area contributed by atoms with Gasteiger partial charge >= 0.3 is 6.01 Å². The Kier molecular flexibility index (Phi) is 5.20. The normalized spacial score (nSPS) is 19.5. The number of ether oxygens (including phenoxy) is 2. The van der Waals surface area contributed by atoms with Gasteiger partial charge in [0.2, 0.25) is 5.88 Å². The molecule has 5 heteroatoms. The molecule has 1 aromatic rings. The van der Waals surface area contributed by atoms with Gasteiger partial charge in [-0.2, -0.15) is 4.98 Å². The van der Waals surface area contributed by atoms with Crippen molar-refractivity contribution in [1.29, 1.82) is 0 Å². The first-order chi connectivity index (χ1) is 8.88. The van der Waals surface area contributed by atoms with Gasteiger partial charge in [0, 0.05) is 18.3 Å². The maximum absolute atomic E-state index is 5.60. The van der Waals surface area contributed by atoms with Gasteiger partial charge < -0.3 is 14.8 Å². The van der Waals surface area contributed by atoms with Gasteiger partial charge in [-0.3, -0.25) is 0 Å². The Balaban J connectivity index is 1.80. The van der Waals surface area contributed by atoms with Gasteiger partial charge in [0.1, 0.15) is 6.61 Å². The fourth-order valence-corrected chi connectivity index (χ4v) is 1.92. The molecule has 5 nitrogen and oxygen atoms in total. The van der Waals surface area contributed by atoms with Crippen molar-refractivity contribution < 1.29 is 9.47 Å². The highest BCUT2D eigenvalue weighted by molar-refractivity contribution is 5.11. The largest absolute Gasteiger partial charge is 0.478 e. The van der Waals surface area contributed by atoms with Crippen LogP contribution in [0.2, 0.25) is 0 Å². The van der Waals surface area contributed by atoms with Crippen LogP contribution in [0.1, 0.15) is 32.6 Å². The van der Waals surface area contributed by atoms with Crippen molar-refractivity contribution in [3.8, 4) is 11.9 Å². The molecule has 1 aromatic heterocycles. The Morgan fingerprint density at radius 3 is 3.11 bits per heavy atom. The van der Waals surface area contributed by atoms with Crippen LogP contribution in [-0.2, 0) is 0 Å². The fraction of sp³-hybridized carbons (Fsp3) is 0.692. The van der Waals surface area contributed by atoms with Gasteiger partial charge in [0.05, 0.1) is 6.61 Å². The predicted molar refractivity (Wildman–Crippen MR) is 69.0 cm³/mol. The highest BCUT2D eigenvalue weighted by atomic mass is 16.5. The molecule has 1 N–H and O–H groups in total. The first-order valence-electron chi connectivity index (χ1n) is 6.70. The number of aromatic nitrogens is 2. The zero-order valence-corrected chi connectivity index (χ0v) is 10.9. The van der Waals surface area contributed by atoms with E-state index in [-0.39, 0.29) is 0 Å². The lowest BCUT2D eigenvalue weighted by Gasteiger charge is -2.22. The number of piperidine rings is 1. The lowest BCUT2D eigenvalue weighted by molar-refractivity contribution is 0.219. The molecule has 1 atom stereocenters. The van der Waals surface area contributed by atoms with Crippen molar-refractivity contribution >= 4 is 0 Å². The van der Waals surface area contributed by atoms with Crippen molar-refractivity contribution in [1.82, 2.24) is 15.3 Å². The number of hydrogen-bond acceptors (Lipinski definition) is 5. The molecule has 0 radical (unpaired) electrons. The first-order valence-corrected chi connectivity index (χ1v) is 6.70. The zero-order valence-electron chi connectivity index (χ0n) is 10.9. The fourth-order valence-electron chi connectivity index (χ4n) is 1.92. The van der Waals surface area contributed by atoms with Gasteiger partial charge in [0.25, 0.3) is 0 Å². The minimum Gasteiger partial charge on any atom is -0.478 e. The number of rotatable bonds is 6. The molecule has 1 unspecified atom stereocenters. The molecule has 1 saturated heterocycles. The molecule has 0 amide bonds. The summed E-state index contributed by atoms with van der Waals surface area (Å²) in [6.07, 6.45) is 6.31. The Morgan fingerprint density at radius 1 is 1.39 bits per heavy atom. The van der Waals surface area contributed by atoms with Crippen LogP contribution in [0.25, 0.3) is 0 Å². The smallest absolute Gasteiger partial charge is 0.319 e. The molecule has 0 spiro atoms. The third-order valence-corrected chi connectivity index (χ3v) is 2.89. The molecule has 0 aliphatic carbocycles. The summed E-state index contributed by atoms with van der Waals surface area (Å²) in [6, 6.07) is 2.57. The summed E-state index contributed by atoms with van der Waals surface area (Å²) in [5, 5.41) is 3.43. The zero-order chi connectivity index (χ0) is 12.6. The van der Waals surface area contributed by atoms with Crippen LogP contribution in [0, 0.1) is 0 Å². The second kappa shape index (κ2) is 7.16. The predicted octanol–water partition coefficient (Wildman–Crippen LogP) is 1.79. The van der Waals surface area contributed by atoms with E-state index in [1.165, 1.54) is 12.8 Å². The SMILES string of the molecule is CCCOc1ccnc(OCC2CCCCN2)n1. The average molecular weight is 251 g/mol. The molecule has 18 heavy (non-hydrogen) atoms. The molecule has 0 saturated carbocycles. The summed E-state index contributed by atoms with van der Waals surface area (Å²) in [6.45, 7) is 4.43. The lowest BCUT2D eigenvalue weighted by Crippen LogP contribution is -2.38. The van der Waals surface area contributed by atoms with E-state index in [0.717, 1.165) is 19.4 Å². The van der Waals surface area contributed by atoms with E-state index in [0.29, 0.717) is 31.1 Å². The quantitative estimate of drug-likeness (QED) is 0.835. The highest BCUT2D eigenvalue weighted by Crippen LogP contribution is 2.12. The van der Waals surface area contributed by atoms with E-state index >= 15 is 0 Å². The topological polar surface area (TPSA) is 56.3 Å². The maximum Gasteiger partial charge on any atom is 0.319 e. The molecule has 100 valence electrons. The molecular formula is C13H21N3O2. The molecule has 1 aliphatic heterocycles. The van der Waals surface area contributed by atoms with Crippen molar-refractivity contribution in [2.45, 2.75) is 38.6 Å². The summed E-state index contributed by atoms with van der Waals surface area (Å²) >= 11 is 0. The number of nitrogens with one attached hydrogen (secondary N) is 1. The van der Waals surface area contributed by atoms with E-state index < -0.39 is 0 Å². The summed E-state index contributed by atoms with van der Waals surface area (Å²) in [5.41, 5.74) is 0. The van der Waals surface area contributed by atoms with Crippen LogP contribution in [0.3, 0.4) is 0 Å². The molecule has 0 aromatic carbocycles. The number of hydrogen-bond donors (Lipinski definition) is 1. The summed E-state index contributed by atoms with van der Waals surface area (Å²) < 4.78 is 11.0. The molecule has 2 heterocycles. The maximum atomic E-state index is 5.60. The molecular weight excluding hydrogens is 230 g/mol. The Morgan fingerprint density at radius 2 is 2.33 bits per heavy atom. The van der Waals surface area contributed by atoms with Crippen LogP contribution in [0.5, 0.6) is 11.9 Å². The second-order valence-corrected chi connectivity index (χ2v) is 4.48. The summed E-state index contributed by atoms with van der Waals surface area (Å²) in [7, 11) is 0. The van der Waals surface area contributed by atoms with Crippen molar-refractivity contribution in [2.24, 2.45) is 0 Å². The van der Waals surface area contributed by atoms with Crippen LogP contribution in [0.4, 0.5) is 0 Å². The lowest BCUT2D eigenvalue weighted by atomic mass is 10.1. The molecule has 2 rings (SSSR count). The molecule has 0 bridgehead atoms. The monoisotopic (exact) mass is 251 g/mol. The number of nitrogens with zero attached hydrogens (tertiary/aromatic N) is 2. The van der Waals surface area contributed by atoms with Crippen molar-refractivity contribution in [3.05, 3.63) is 12.3 Å². The molecule has 1 aliphatic rings. The van der Waals surface area contributed by atoms with E-state index in [2.05, 4.69) is 22.2 Å². The van der Waals surface area contributed by atoms with Gasteiger partial charge in [0.15, 0.2) is 0 Å². The van der Waals surface area contributed by atoms with Crippen LogP contribution in [0.15, 0.2) is 12.3 Å². The Hall–Kier alpha value is -1.36. The first kappa shape index (κ1) is 13.1. The average Bonchev–Trinajstić information content (AvgIpc) is 2.44.